The Morgan fingerprint density at radius 2 is 1.96 bits per heavy atom. The lowest BCUT2D eigenvalue weighted by Crippen LogP contribution is -2.08. The van der Waals surface area contributed by atoms with Crippen LogP contribution in [0.25, 0.3) is 11.0 Å². The fourth-order valence-corrected chi connectivity index (χ4v) is 2.74. The molecule has 0 aliphatic carbocycles. The van der Waals surface area contributed by atoms with Gasteiger partial charge in [-0.1, -0.05) is 25.5 Å². The molecule has 6 heteroatoms. The topological polar surface area (TPSA) is 65.7 Å². The minimum absolute atomic E-state index is 0.0806. The number of carbonyl (C=O) groups is 1. The first-order valence-corrected chi connectivity index (χ1v) is 9.06. The van der Waals surface area contributed by atoms with E-state index in [2.05, 4.69) is 15.9 Å². The molecule has 5 nitrogen and oxygen atoms in total. The Labute approximate surface area is 158 Å². The number of para-hydroxylation sites is 1. The van der Waals surface area contributed by atoms with Gasteiger partial charge in [-0.05, 0) is 46.6 Å². The van der Waals surface area contributed by atoms with Gasteiger partial charge in [0.1, 0.15) is 23.3 Å². The molecule has 0 saturated heterocycles. The predicted octanol–water partition coefficient (Wildman–Crippen LogP) is 5.44. The van der Waals surface area contributed by atoms with Gasteiger partial charge < -0.3 is 13.9 Å². The highest BCUT2D eigenvalue weighted by molar-refractivity contribution is 9.10. The van der Waals surface area contributed by atoms with Crippen molar-refractivity contribution in [3.8, 4) is 17.2 Å². The van der Waals surface area contributed by atoms with Crippen LogP contribution in [0, 0.1) is 0 Å². The maximum Gasteiger partial charge on any atom is 0.311 e. The van der Waals surface area contributed by atoms with Crippen molar-refractivity contribution >= 4 is 32.9 Å². The van der Waals surface area contributed by atoms with Crippen LogP contribution < -0.4 is 14.9 Å². The molecular formula is C20H17BrO5. The fraction of sp³-hybridized carbons (Fsp3) is 0.200. The highest BCUT2D eigenvalue weighted by Gasteiger charge is 2.12. The second-order valence-corrected chi connectivity index (χ2v) is 6.55. The van der Waals surface area contributed by atoms with Crippen LogP contribution in [0.3, 0.4) is 0 Å². The molecule has 134 valence electrons. The molecular weight excluding hydrogens is 400 g/mol. The van der Waals surface area contributed by atoms with Crippen molar-refractivity contribution in [2.75, 3.05) is 0 Å². The Morgan fingerprint density at radius 3 is 2.73 bits per heavy atom. The Bertz CT molecular complexity index is 993. The number of unbranched alkanes of at least 4 members (excludes halogenated alkanes) is 1. The van der Waals surface area contributed by atoms with Crippen LogP contribution in [-0.2, 0) is 4.79 Å². The van der Waals surface area contributed by atoms with Crippen molar-refractivity contribution in [3.63, 3.8) is 0 Å². The highest BCUT2D eigenvalue weighted by Crippen LogP contribution is 2.29. The van der Waals surface area contributed by atoms with Crippen molar-refractivity contribution in [1.82, 2.24) is 0 Å². The van der Waals surface area contributed by atoms with Crippen molar-refractivity contribution < 1.29 is 18.7 Å². The van der Waals surface area contributed by atoms with E-state index in [9.17, 15) is 9.59 Å². The quantitative estimate of drug-likeness (QED) is 0.395. The first-order chi connectivity index (χ1) is 12.6. The van der Waals surface area contributed by atoms with E-state index in [1.807, 2.05) is 25.1 Å². The van der Waals surface area contributed by atoms with E-state index < -0.39 is 0 Å². The van der Waals surface area contributed by atoms with Crippen LogP contribution in [0.1, 0.15) is 26.2 Å². The Balaban J connectivity index is 1.86. The smallest absolute Gasteiger partial charge is 0.311 e. The molecule has 0 saturated carbocycles. The van der Waals surface area contributed by atoms with Gasteiger partial charge in [0.25, 0.3) is 0 Å². The number of ether oxygens (including phenoxy) is 2. The molecule has 26 heavy (non-hydrogen) atoms. The van der Waals surface area contributed by atoms with E-state index in [0.717, 1.165) is 17.3 Å². The molecule has 0 aliphatic rings. The first-order valence-electron chi connectivity index (χ1n) is 8.27. The summed E-state index contributed by atoms with van der Waals surface area (Å²) in [6.45, 7) is 2.01. The van der Waals surface area contributed by atoms with Crippen molar-refractivity contribution in [1.29, 1.82) is 0 Å². The number of fused-ring (bicyclic) bond motifs is 1. The largest absolute Gasteiger partial charge is 0.460 e. The standard InChI is InChI=1S/C20H17BrO5/c1-2-3-8-19(22)25-13-9-10-14-17(11-13)24-12-18(20(14)23)26-16-7-5-4-6-15(16)21/h4-7,9-12H,2-3,8H2,1H3. The maximum atomic E-state index is 12.6. The first kappa shape index (κ1) is 18.2. The van der Waals surface area contributed by atoms with Crippen molar-refractivity contribution in [2.24, 2.45) is 0 Å². The second kappa shape index (κ2) is 8.19. The van der Waals surface area contributed by atoms with E-state index in [1.165, 1.54) is 12.3 Å². The molecule has 1 aromatic heterocycles. The van der Waals surface area contributed by atoms with Crippen LogP contribution in [0.5, 0.6) is 17.2 Å². The molecule has 3 rings (SSSR count). The summed E-state index contributed by atoms with van der Waals surface area (Å²) in [5, 5.41) is 0.350. The van der Waals surface area contributed by atoms with Gasteiger partial charge in [-0.25, -0.2) is 0 Å². The number of carbonyl (C=O) groups excluding carboxylic acids is 1. The molecule has 2 aromatic carbocycles. The zero-order valence-electron chi connectivity index (χ0n) is 14.2. The summed E-state index contributed by atoms with van der Waals surface area (Å²) in [6, 6.07) is 11.9. The summed E-state index contributed by atoms with van der Waals surface area (Å²) in [6.07, 6.45) is 3.31. The van der Waals surface area contributed by atoms with Gasteiger partial charge in [0.2, 0.25) is 11.2 Å². The normalized spacial score (nSPS) is 10.7. The zero-order chi connectivity index (χ0) is 18.5. The summed E-state index contributed by atoms with van der Waals surface area (Å²) >= 11 is 3.37. The molecule has 0 bridgehead atoms. The molecule has 3 aromatic rings. The number of benzene rings is 2. The van der Waals surface area contributed by atoms with Crippen LogP contribution >= 0.6 is 15.9 Å². The fourth-order valence-electron chi connectivity index (χ4n) is 2.37. The summed E-state index contributed by atoms with van der Waals surface area (Å²) in [5.41, 5.74) is 0.0288. The maximum absolute atomic E-state index is 12.6. The Morgan fingerprint density at radius 1 is 1.15 bits per heavy atom. The van der Waals surface area contributed by atoms with Gasteiger partial charge in [0.15, 0.2) is 0 Å². The van der Waals surface area contributed by atoms with Gasteiger partial charge in [0, 0.05) is 12.5 Å². The van der Waals surface area contributed by atoms with Gasteiger partial charge >= 0.3 is 5.97 Å². The summed E-state index contributed by atoms with van der Waals surface area (Å²) in [7, 11) is 0. The van der Waals surface area contributed by atoms with E-state index >= 15 is 0 Å². The summed E-state index contributed by atoms with van der Waals surface area (Å²) < 4.78 is 17.2. The molecule has 0 atom stereocenters. The lowest BCUT2D eigenvalue weighted by Gasteiger charge is -2.08. The minimum Gasteiger partial charge on any atom is -0.460 e. The Hall–Kier alpha value is -2.60. The van der Waals surface area contributed by atoms with E-state index in [0.29, 0.717) is 28.9 Å². The number of hydrogen-bond donors (Lipinski definition) is 0. The molecule has 0 spiro atoms. The lowest BCUT2D eigenvalue weighted by molar-refractivity contribution is -0.134. The van der Waals surface area contributed by atoms with Crippen molar-refractivity contribution in [2.45, 2.75) is 26.2 Å². The number of hydrogen-bond acceptors (Lipinski definition) is 5. The monoisotopic (exact) mass is 416 g/mol. The third-order valence-electron chi connectivity index (χ3n) is 3.74. The van der Waals surface area contributed by atoms with E-state index in [4.69, 9.17) is 13.9 Å². The predicted molar refractivity (Wildman–Crippen MR) is 102 cm³/mol. The number of rotatable bonds is 6. The van der Waals surface area contributed by atoms with Gasteiger partial charge in [-0.3, -0.25) is 9.59 Å². The van der Waals surface area contributed by atoms with Crippen LogP contribution in [-0.4, -0.2) is 5.97 Å². The molecule has 0 amide bonds. The van der Waals surface area contributed by atoms with Crippen LogP contribution in [0.15, 0.2) is 62.4 Å². The zero-order valence-corrected chi connectivity index (χ0v) is 15.7. The van der Waals surface area contributed by atoms with Crippen LogP contribution in [0.4, 0.5) is 0 Å². The van der Waals surface area contributed by atoms with Crippen molar-refractivity contribution in [3.05, 3.63) is 63.4 Å². The van der Waals surface area contributed by atoms with Gasteiger partial charge in [-0.15, -0.1) is 0 Å². The van der Waals surface area contributed by atoms with Gasteiger partial charge in [-0.2, -0.15) is 0 Å². The number of halogens is 1. The Kier molecular flexibility index (Phi) is 5.73. The van der Waals surface area contributed by atoms with Gasteiger partial charge in [0.05, 0.1) is 9.86 Å². The third-order valence-corrected chi connectivity index (χ3v) is 4.39. The molecule has 0 aliphatic heterocycles. The average Bonchev–Trinajstić information content (AvgIpc) is 2.64. The second-order valence-electron chi connectivity index (χ2n) is 5.70. The van der Waals surface area contributed by atoms with E-state index in [1.54, 1.807) is 18.2 Å². The molecule has 1 heterocycles. The van der Waals surface area contributed by atoms with E-state index in [-0.39, 0.29) is 17.1 Å². The summed E-state index contributed by atoms with van der Waals surface area (Å²) in [5.74, 6) is 0.640. The lowest BCUT2D eigenvalue weighted by atomic mass is 10.2. The molecule has 0 N–H and O–H groups in total. The highest BCUT2D eigenvalue weighted by atomic mass is 79.9. The minimum atomic E-state index is -0.303. The van der Waals surface area contributed by atoms with Crippen LogP contribution in [0.2, 0.25) is 0 Å². The molecule has 0 fully saturated rings. The molecule has 0 radical (unpaired) electrons. The SMILES string of the molecule is CCCCC(=O)Oc1ccc2c(=O)c(Oc3ccccc3Br)coc2c1. The number of esters is 1. The molecule has 0 unspecified atom stereocenters. The third kappa shape index (κ3) is 4.14. The summed E-state index contributed by atoms with van der Waals surface area (Å²) in [4.78, 5) is 24.3. The average molecular weight is 417 g/mol.